The monoisotopic (exact) mass is 478 g/mol. The summed E-state index contributed by atoms with van der Waals surface area (Å²) in [6.07, 6.45) is 3.69. The van der Waals surface area contributed by atoms with Gasteiger partial charge in [0.2, 0.25) is 5.91 Å². The van der Waals surface area contributed by atoms with Crippen LogP contribution in [0.4, 0.5) is 23.1 Å². The summed E-state index contributed by atoms with van der Waals surface area (Å²) in [5, 5.41) is 13.9. The molecule has 1 aliphatic carbocycles. The molecular weight excluding hydrogens is 448 g/mol. The van der Waals surface area contributed by atoms with Crippen molar-refractivity contribution in [1.82, 2.24) is 25.1 Å². The Morgan fingerprint density at radius 1 is 1.09 bits per heavy atom. The van der Waals surface area contributed by atoms with Gasteiger partial charge in [0.05, 0.1) is 6.20 Å². The summed E-state index contributed by atoms with van der Waals surface area (Å²) in [6.45, 7) is 8.37. The van der Waals surface area contributed by atoms with Crippen LogP contribution in [0.25, 0.3) is 0 Å². The topological polar surface area (TPSA) is 102 Å². The van der Waals surface area contributed by atoms with E-state index in [0.717, 1.165) is 67.1 Å². The lowest BCUT2D eigenvalue weighted by Crippen LogP contribution is -2.49. The normalized spacial score (nSPS) is 16.6. The zero-order chi connectivity index (χ0) is 23.5. The van der Waals surface area contributed by atoms with Crippen molar-refractivity contribution < 1.29 is 4.79 Å². The standard InChI is InChI=1S/C24H30N8OS/c1-16(2)31-11-13-32(14-12-31)22-15-21(27-20-9-10-25-30-20)28-24(29-22)34-19-7-5-18(6-8-19)26-23(33)17-3-4-17/h5-10,15-17H,3-4,11-14H2,1-2H3,(H,26,33)(H2,25,27,28,29,30). The number of carbonyl (C=O) groups excluding carboxylic acids is 1. The summed E-state index contributed by atoms with van der Waals surface area (Å²) in [7, 11) is 0. The van der Waals surface area contributed by atoms with Crippen molar-refractivity contribution in [3.8, 4) is 0 Å². The van der Waals surface area contributed by atoms with Crippen molar-refractivity contribution in [3.05, 3.63) is 42.6 Å². The van der Waals surface area contributed by atoms with E-state index in [2.05, 4.69) is 44.5 Å². The molecule has 2 aliphatic rings. The van der Waals surface area contributed by atoms with Crippen LogP contribution < -0.4 is 15.5 Å². The Bertz CT molecular complexity index is 1110. The van der Waals surface area contributed by atoms with Crippen LogP contribution in [0, 0.1) is 5.92 Å². The van der Waals surface area contributed by atoms with E-state index in [1.54, 1.807) is 6.20 Å². The minimum absolute atomic E-state index is 0.114. The summed E-state index contributed by atoms with van der Waals surface area (Å²) in [5.74, 6) is 2.71. The number of nitrogens with zero attached hydrogens (tertiary/aromatic N) is 5. The molecule has 1 saturated carbocycles. The summed E-state index contributed by atoms with van der Waals surface area (Å²) in [6, 6.07) is 12.3. The smallest absolute Gasteiger partial charge is 0.227 e. The number of aromatic nitrogens is 4. The molecule has 34 heavy (non-hydrogen) atoms. The number of nitrogens with one attached hydrogen (secondary N) is 3. The molecule has 0 radical (unpaired) electrons. The highest BCUT2D eigenvalue weighted by Crippen LogP contribution is 2.32. The Morgan fingerprint density at radius 3 is 2.50 bits per heavy atom. The molecule has 1 amide bonds. The lowest BCUT2D eigenvalue weighted by Gasteiger charge is -2.37. The molecule has 1 aliphatic heterocycles. The predicted molar refractivity (Wildman–Crippen MR) is 135 cm³/mol. The maximum atomic E-state index is 12.0. The first-order valence-corrected chi connectivity index (χ1v) is 12.6. The van der Waals surface area contributed by atoms with Crippen LogP contribution in [0.1, 0.15) is 26.7 Å². The Balaban J connectivity index is 1.33. The molecule has 178 valence electrons. The van der Waals surface area contributed by atoms with Crippen molar-refractivity contribution in [2.75, 3.05) is 41.7 Å². The van der Waals surface area contributed by atoms with Gasteiger partial charge in [-0.3, -0.25) is 14.8 Å². The van der Waals surface area contributed by atoms with E-state index in [1.165, 1.54) is 11.8 Å². The largest absolute Gasteiger partial charge is 0.354 e. The fourth-order valence-corrected chi connectivity index (χ4v) is 4.68. The molecule has 2 fully saturated rings. The summed E-state index contributed by atoms with van der Waals surface area (Å²) < 4.78 is 0. The second-order valence-corrected chi connectivity index (χ2v) is 10.0. The third-order valence-corrected chi connectivity index (χ3v) is 6.98. The van der Waals surface area contributed by atoms with Crippen molar-refractivity contribution in [2.45, 2.75) is 42.8 Å². The van der Waals surface area contributed by atoms with Crippen LogP contribution in [0.2, 0.25) is 0 Å². The van der Waals surface area contributed by atoms with Gasteiger partial charge in [0.15, 0.2) is 5.16 Å². The molecule has 3 N–H and O–H groups in total. The Morgan fingerprint density at radius 2 is 1.85 bits per heavy atom. The van der Waals surface area contributed by atoms with Crippen LogP contribution >= 0.6 is 11.8 Å². The van der Waals surface area contributed by atoms with Gasteiger partial charge in [-0.15, -0.1) is 0 Å². The van der Waals surface area contributed by atoms with Gasteiger partial charge in [-0.25, -0.2) is 9.97 Å². The highest BCUT2D eigenvalue weighted by molar-refractivity contribution is 7.99. The lowest BCUT2D eigenvalue weighted by atomic mass is 10.2. The van der Waals surface area contributed by atoms with Crippen molar-refractivity contribution in [3.63, 3.8) is 0 Å². The van der Waals surface area contributed by atoms with E-state index in [0.29, 0.717) is 11.2 Å². The maximum absolute atomic E-state index is 12.0. The number of hydrogen-bond acceptors (Lipinski definition) is 8. The Hall–Kier alpha value is -3.11. The molecule has 3 heterocycles. The van der Waals surface area contributed by atoms with Gasteiger partial charge < -0.3 is 15.5 Å². The SMILES string of the molecule is CC(C)N1CCN(c2cc(Nc3ccn[nH]3)nc(Sc3ccc(NC(=O)C4CC4)cc3)n2)CC1. The number of carbonyl (C=O) groups is 1. The van der Waals surface area contributed by atoms with Gasteiger partial charge in [-0.05, 0) is 62.7 Å². The number of amides is 1. The first-order chi connectivity index (χ1) is 16.5. The molecule has 0 spiro atoms. The number of aromatic amines is 1. The van der Waals surface area contributed by atoms with Crippen molar-refractivity contribution >= 4 is 40.8 Å². The van der Waals surface area contributed by atoms with E-state index in [-0.39, 0.29) is 11.8 Å². The average Bonchev–Trinajstić information content (AvgIpc) is 3.58. The van der Waals surface area contributed by atoms with Gasteiger partial charge in [0, 0.05) is 60.9 Å². The molecule has 1 saturated heterocycles. The second-order valence-electron chi connectivity index (χ2n) is 9.00. The van der Waals surface area contributed by atoms with Crippen LogP contribution in [0.5, 0.6) is 0 Å². The van der Waals surface area contributed by atoms with Crippen molar-refractivity contribution in [1.29, 1.82) is 0 Å². The average molecular weight is 479 g/mol. The highest BCUT2D eigenvalue weighted by Gasteiger charge is 2.29. The van der Waals surface area contributed by atoms with Gasteiger partial charge in [-0.2, -0.15) is 5.10 Å². The summed E-state index contributed by atoms with van der Waals surface area (Å²) in [4.78, 5) is 27.4. The van der Waals surface area contributed by atoms with E-state index >= 15 is 0 Å². The molecule has 0 unspecified atom stereocenters. The summed E-state index contributed by atoms with van der Waals surface area (Å²) >= 11 is 1.51. The summed E-state index contributed by atoms with van der Waals surface area (Å²) in [5.41, 5.74) is 0.820. The number of benzene rings is 1. The molecule has 2 aromatic heterocycles. The molecule has 10 heteroatoms. The van der Waals surface area contributed by atoms with E-state index in [1.807, 2.05) is 36.4 Å². The fourth-order valence-electron chi connectivity index (χ4n) is 3.92. The first-order valence-electron chi connectivity index (χ1n) is 11.8. The quantitative estimate of drug-likeness (QED) is 0.418. The van der Waals surface area contributed by atoms with Gasteiger partial charge >= 0.3 is 0 Å². The molecule has 0 atom stereocenters. The molecule has 5 rings (SSSR count). The zero-order valence-corrected chi connectivity index (χ0v) is 20.3. The molecule has 3 aromatic rings. The maximum Gasteiger partial charge on any atom is 0.227 e. The third-order valence-electron chi connectivity index (χ3n) is 6.10. The fraction of sp³-hybridized carbons (Fsp3) is 0.417. The van der Waals surface area contributed by atoms with Crippen LogP contribution in [-0.4, -0.2) is 63.2 Å². The van der Waals surface area contributed by atoms with Gasteiger partial charge in [0.25, 0.3) is 0 Å². The van der Waals surface area contributed by atoms with Crippen LogP contribution in [-0.2, 0) is 4.79 Å². The van der Waals surface area contributed by atoms with E-state index in [9.17, 15) is 4.79 Å². The highest BCUT2D eigenvalue weighted by atomic mass is 32.2. The van der Waals surface area contributed by atoms with Gasteiger partial charge in [0.1, 0.15) is 17.5 Å². The third kappa shape index (κ3) is 5.68. The van der Waals surface area contributed by atoms with E-state index in [4.69, 9.17) is 9.97 Å². The van der Waals surface area contributed by atoms with Crippen LogP contribution in [0.15, 0.2) is 52.6 Å². The zero-order valence-electron chi connectivity index (χ0n) is 19.5. The van der Waals surface area contributed by atoms with E-state index < -0.39 is 0 Å². The molecular formula is C24H30N8OS. The molecule has 0 bridgehead atoms. The predicted octanol–water partition coefficient (Wildman–Crippen LogP) is 3.97. The minimum Gasteiger partial charge on any atom is -0.354 e. The Kier molecular flexibility index (Phi) is 6.68. The number of anilines is 4. The van der Waals surface area contributed by atoms with Crippen molar-refractivity contribution in [2.24, 2.45) is 5.92 Å². The van der Waals surface area contributed by atoms with Gasteiger partial charge in [-0.1, -0.05) is 0 Å². The van der Waals surface area contributed by atoms with Crippen LogP contribution in [0.3, 0.4) is 0 Å². The number of rotatable bonds is 8. The number of piperazine rings is 1. The Labute approximate surface area is 203 Å². The number of hydrogen-bond donors (Lipinski definition) is 3. The molecule has 9 nitrogen and oxygen atoms in total. The molecule has 1 aromatic carbocycles. The number of H-pyrrole nitrogens is 1. The lowest BCUT2D eigenvalue weighted by molar-refractivity contribution is -0.117. The second kappa shape index (κ2) is 10.0. The minimum atomic E-state index is 0.114. The first kappa shape index (κ1) is 22.7.